The summed E-state index contributed by atoms with van der Waals surface area (Å²) in [7, 11) is 0. The van der Waals surface area contributed by atoms with Gasteiger partial charge in [-0.2, -0.15) is 0 Å². The Hall–Kier alpha value is -1.33. The maximum Gasteiger partial charge on any atom is 0.173 e. The quantitative estimate of drug-likeness (QED) is 0.710. The van der Waals surface area contributed by atoms with Crippen LogP contribution in [0.2, 0.25) is 10.0 Å². The average Bonchev–Trinajstić information content (AvgIpc) is 2.62. The molecule has 0 spiro atoms. The van der Waals surface area contributed by atoms with Crippen molar-refractivity contribution in [1.29, 1.82) is 0 Å². The molecule has 0 aromatic heterocycles. The van der Waals surface area contributed by atoms with E-state index >= 15 is 0 Å². The highest BCUT2D eigenvalue weighted by Crippen LogP contribution is 2.23. The first-order valence-corrected chi connectivity index (χ1v) is 9.88. The molecular weight excluding hydrogens is 385 g/mol. The molecule has 2 aromatic rings. The molecule has 138 valence electrons. The van der Waals surface area contributed by atoms with Crippen LogP contribution in [0, 0.1) is 13.8 Å². The largest absolute Gasteiger partial charge is 0.346 e. The van der Waals surface area contributed by atoms with Crippen molar-refractivity contribution < 1.29 is 0 Å². The predicted octanol–water partition coefficient (Wildman–Crippen LogP) is 5.12. The van der Waals surface area contributed by atoms with Gasteiger partial charge in [-0.15, -0.1) is 0 Å². The van der Waals surface area contributed by atoms with Crippen LogP contribution in [0.5, 0.6) is 0 Å². The minimum atomic E-state index is 0.600. The Kier molecular flexibility index (Phi) is 6.41. The maximum absolute atomic E-state index is 6.11. The number of halogens is 2. The summed E-state index contributed by atoms with van der Waals surface area (Å²) in [4.78, 5) is 4.64. The van der Waals surface area contributed by atoms with E-state index < -0.39 is 0 Å². The van der Waals surface area contributed by atoms with Crippen molar-refractivity contribution in [2.24, 2.45) is 0 Å². The molecule has 0 bridgehead atoms. The summed E-state index contributed by atoms with van der Waals surface area (Å²) in [5.74, 6) is 0. The lowest BCUT2D eigenvalue weighted by Crippen LogP contribution is -2.49. The van der Waals surface area contributed by atoms with Crippen LogP contribution in [-0.4, -0.2) is 41.1 Å². The van der Waals surface area contributed by atoms with E-state index in [0.717, 1.165) is 43.5 Å². The van der Waals surface area contributed by atoms with E-state index in [1.165, 1.54) is 16.7 Å². The molecule has 1 N–H and O–H groups in total. The standard InChI is InChI=1S/C20H23Cl2N3S/c1-14-3-5-17(11-15(14)2)23-20(26)25-9-7-24(8-10-25)13-16-4-6-18(21)19(22)12-16/h3-6,11-12H,7-10,13H2,1-2H3,(H,23,26). The molecule has 1 aliphatic rings. The van der Waals surface area contributed by atoms with Crippen LogP contribution in [-0.2, 0) is 6.54 Å². The van der Waals surface area contributed by atoms with Crippen LogP contribution in [0.15, 0.2) is 36.4 Å². The molecular formula is C20H23Cl2N3S. The van der Waals surface area contributed by atoms with Crippen molar-refractivity contribution in [2.75, 3.05) is 31.5 Å². The van der Waals surface area contributed by atoms with E-state index in [4.69, 9.17) is 35.4 Å². The van der Waals surface area contributed by atoms with Gasteiger partial charge in [0, 0.05) is 38.4 Å². The number of rotatable bonds is 3. The van der Waals surface area contributed by atoms with Gasteiger partial charge >= 0.3 is 0 Å². The SMILES string of the molecule is Cc1ccc(NC(=S)N2CCN(Cc3ccc(Cl)c(Cl)c3)CC2)cc1C. The van der Waals surface area contributed by atoms with Crippen molar-refractivity contribution in [3.63, 3.8) is 0 Å². The van der Waals surface area contributed by atoms with Gasteiger partial charge in [0.25, 0.3) is 0 Å². The Morgan fingerprint density at radius 2 is 1.69 bits per heavy atom. The van der Waals surface area contributed by atoms with Gasteiger partial charge in [-0.05, 0) is 67.0 Å². The first-order chi connectivity index (χ1) is 12.4. The van der Waals surface area contributed by atoms with Crippen LogP contribution in [0.4, 0.5) is 5.69 Å². The van der Waals surface area contributed by atoms with Gasteiger partial charge in [-0.3, -0.25) is 4.90 Å². The number of anilines is 1. The van der Waals surface area contributed by atoms with Gasteiger partial charge in [-0.1, -0.05) is 35.3 Å². The molecule has 0 amide bonds. The summed E-state index contributed by atoms with van der Waals surface area (Å²) < 4.78 is 0. The summed E-state index contributed by atoms with van der Waals surface area (Å²) in [6, 6.07) is 12.2. The van der Waals surface area contributed by atoms with Gasteiger partial charge in [0.1, 0.15) is 0 Å². The number of aryl methyl sites for hydroxylation is 2. The fraction of sp³-hybridized carbons (Fsp3) is 0.350. The van der Waals surface area contributed by atoms with Gasteiger partial charge in [0.2, 0.25) is 0 Å². The minimum absolute atomic E-state index is 0.600. The van der Waals surface area contributed by atoms with E-state index in [-0.39, 0.29) is 0 Å². The summed E-state index contributed by atoms with van der Waals surface area (Å²) in [5, 5.41) is 5.37. The molecule has 0 unspecified atom stereocenters. The Balaban J connectivity index is 1.51. The highest BCUT2D eigenvalue weighted by Gasteiger charge is 2.19. The molecule has 3 nitrogen and oxygen atoms in total. The van der Waals surface area contributed by atoms with Crippen molar-refractivity contribution in [3.05, 3.63) is 63.1 Å². The van der Waals surface area contributed by atoms with Gasteiger partial charge in [0.15, 0.2) is 5.11 Å². The average molecular weight is 408 g/mol. The molecule has 1 fully saturated rings. The zero-order valence-electron chi connectivity index (χ0n) is 15.1. The fourth-order valence-corrected chi connectivity index (χ4v) is 3.65. The molecule has 3 rings (SSSR count). The number of benzene rings is 2. The second-order valence-electron chi connectivity index (χ2n) is 6.74. The summed E-state index contributed by atoms with van der Waals surface area (Å²) in [6.45, 7) is 8.87. The van der Waals surface area contributed by atoms with Crippen molar-refractivity contribution in [2.45, 2.75) is 20.4 Å². The van der Waals surface area contributed by atoms with E-state index in [0.29, 0.717) is 10.0 Å². The first-order valence-electron chi connectivity index (χ1n) is 8.72. The third-order valence-corrected chi connectivity index (χ3v) is 5.91. The van der Waals surface area contributed by atoms with Gasteiger partial charge < -0.3 is 10.2 Å². The maximum atomic E-state index is 6.11. The lowest BCUT2D eigenvalue weighted by atomic mass is 10.1. The normalized spacial score (nSPS) is 15.2. The summed E-state index contributed by atoms with van der Waals surface area (Å²) in [6.07, 6.45) is 0. The van der Waals surface area contributed by atoms with Crippen LogP contribution < -0.4 is 5.32 Å². The number of thiocarbonyl (C=S) groups is 1. The topological polar surface area (TPSA) is 18.5 Å². The molecule has 26 heavy (non-hydrogen) atoms. The number of nitrogens with one attached hydrogen (secondary N) is 1. The van der Waals surface area contributed by atoms with Crippen LogP contribution >= 0.6 is 35.4 Å². The zero-order chi connectivity index (χ0) is 18.7. The Morgan fingerprint density at radius 1 is 0.962 bits per heavy atom. The van der Waals surface area contributed by atoms with Crippen molar-refractivity contribution >= 4 is 46.2 Å². The van der Waals surface area contributed by atoms with E-state index in [9.17, 15) is 0 Å². The number of piperazine rings is 1. The molecule has 6 heteroatoms. The molecule has 0 aliphatic carbocycles. The number of hydrogen-bond acceptors (Lipinski definition) is 2. The third kappa shape index (κ3) is 4.89. The number of hydrogen-bond donors (Lipinski definition) is 1. The Morgan fingerprint density at radius 3 is 2.35 bits per heavy atom. The highest BCUT2D eigenvalue weighted by atomic mass is 35.5. The molecule has 1 aliphatic heterocycles. The second-order valence-corrected chi connectivity index (χ2v) is 7.94. The lowest BCUT2D eigenvalue weighted by Gasteiger charge is -2.36. The molecule has 0 atom stereocenters. The smallest absolute Gasteiger partial charge is 0.173 e. The molecule has 0 radical (unpaired) electrons. The fourth-order valence-electron chi connectivity index (χ4n) is 3.03. The summed E-state index contributed by atoms with van der Waals surface area (Å²) in [5.41, 5.74) is 4.79. The van der Waals surface area contributed by atoms with E-state index in [1.54, 1.807) is 0 Å². The molecule has 1 heterocycles. The second kappa shape index (κ2) is 8.57. The third-order valence-electron chi connectivity index (χ3n) is 4.81. The van der Waals surface area contributed by atoms with Crippen molar-refractivity contribution in [3.8, 4) is 0 Å². The van der Waals surface area contributed by atoms with Crippen LogP contribution in [0.1, 0.15) is 16.7 Å². The van der Waals surface area contributed by atoms with Gasteiger partial charge in [0.05, 0.1) is 10.0 Å². The summed E-state index contributed by atoms with van der Waals surface area (Å²) >= 11 is 17.7. The Bertz CT molecular complexity index is 802. The molecule has 0 saturated carbocycles. The van der Waals surface area contributed by atoms with Crippen LogP contribution in [0.3, 0.4) is 0 Å². The van der Waals surface area contributed by atoms with E-state index in [1.807, 2.05) is 18.2 Å². The van der Waals surface area contributed by atoms with E-state index in [2.05, 4.69) is 47.2 Å². The predicted molar refractivity (Wildman–Crippen MR) is 115 cm³/mol. The van der Waals surface area contributed by atoms with Crippen molar-refractivity contribution in [1.82, 2.24) is 9.80 Å². The lowest BCUT2D eigenvalue weighted by molar-refractivity contribution is 0.177. The monoisotopic (exact) mass is 407 g/mol. The first kappa shape index (κ1) is 19.4. The minimum Gasteiger partial charge on any atom is -0.346 e. The highest BCUT2D eigenvalue weighted by molar-refractivity contribution is 7.80. The number of nitrogens with zero attached hydrogens (tertiary/aromatic N) is 2. The van der Waals surface area contributed by atoms with Crippen LogP contribution in [0.25, 0.3) is 0 Å². The van der Waals surface area contributed by atoms with Gasteiger partial charge in [-0.25, -0.2) is 0 Å². The Labute approximate surface area is 170 Å². The molecule has 1 saturated heterocycles. The zero-order valence-corrected chi connectivity index (χ0v) is 17.4. The molecule has 2 aromatic carbocycles.